The minimum atomic E-state index is 0.125. The van der Waals surface area contributed by atoms with Crippen LogP contribution in [0.15, 0.2) is 24.3 Å². The molecule has 104 valence electrons. The van der Waals surface area contributed by atoms with Crippen LogP contribution in [0, 0.1) is 5.92 Å². The lowest BCUT2D eigenvalue weighted by molar-refractivity contribution is -0.0280. The highest BCUT2D eigenvalue weighted by Gasteiger charge is 2.31. The van der Waals surface area contributed by atoms with Gasteiger partial charge < -0.3 is 14.8 Å². The molecule has 1 N–H and O–H groups in total. The smallest absolute Gasteiger partial charge is 0.124 e. The van der Waals surface area contributed by atoms with Crippen molar-refractivity contribution in [3.05, 3.63) is 29.8 Å². The van der Waals surface area contributed by atoms with E-state index in [0.717, 1.165) is 18.3 Å². The summed E-state index contributed by atoms with van der Waals surface area (Å²) in [6, 6.07) is 8.48. The van der Waals surface area contributed by atoms with Crippen molar-refractivity contribution in [2.75, 3.05) is 20.3 Å². The zero-order valence-corrected chi connectivity index (χ0v) is 11.6. The summed E-state index contributed by atoms with van der Waals surface area (Å²) >= 11 is 0. The third-order valence-corrected chi connectivity index (χ3v) is 4.36. The van der Waals surface area contributed by atoms with Crippen LogP contribution in [0.5, 0.6) is 5.75 Å². The molecule has 1 heterocycles. The molecule has 1 aliphatic heterocycles. The van der Waals surface area contributed by atoms with Gasteiger partial charge in [0, 0.05) is 5.56 Å². The third kappa shape index (κ3) is 2.77. The van der Waals surface area contributed by atoms with Gasteiger partial charge in [-0.15, -0.1) is 0 Å². The van der Waals surface area contributed by atoms with Gasteiger partial charge in [-0.2, -0.15) is 0 Å². The molecule has 0 amide bonds. The molecule has 1 aliphatic carbocycles. The molecular weight excluding hydrogens is 238 g/mol. The summed E-state index contributed by atoms with van der Waals surface area (Å²) in [6.07, 6.45) is 5.52. The lowest BCUT2D eigenvalue weighted by Gasteiger charge is -2.33. The quantitative estimate of drug-likeness (QED) is 0.904. The van der Waals surface area contributed by atoms with Gasteiger partial charge in [-0.1, -0.05) is 31.0 Å². The molecule has 1 saturated carbocycles. The normalized spacial score (nSPS) is 27.0. The zero-order valence-electron chi connectivity index (χ0n) is 11.6. The van der Waals surface area contributed by atoms with Crippen molar-refractivity contribution >= 4 is 0 Å². The highest BCUT2D eigenvalue weighted by Crippen LogP contribution is 2.34. The summed E-state index contributed by atoms with van der Waals surface area (Å²) < 4.78 is 12.0. The van der Waals surface area contributed by atoms with E-state index in [1.807, 2.05) is 19.2 Å². The summed E-state index contributed by atoms with van der Waals surface area (Å²) in [5, 5.41) is 3.38. The van der Waals surface area contributed by atoms with Gasteiger partial charge in [0.25, 0.3) is 0 Å². The van der Waals surface area contributed by atoms with Gasteiger partial charge in [0.15, 0.2) is 0 Å². The molecule has 19 heavy (non-hydrogen) atoms. The van der Waals surface area contributed by atoms with E-state index in [0.29, 0.717) is 6.61 Å². The van der Waals surface area contributed by atoms with Crippen LogP contribution in [-0.2, 0) is 4.74 Å². The predicted molar refractivity (Wildman–Crippen MR) is 75.4 cm³/mol. The van der Waals surface area contributed by atoms with Crippen LogP contribution in [0.1, 0.15) is 37.3 Å². The molecule has 0 aromatic heterocycles. The molecule has 0 radical (unpaired) electrons. The van der Waals surface area contributed by atoms with E-state index in [9.17, 15) is 0 Å². The summed E-state index contributed by atoms with van der Waals surface area (Å²) in [6.45, 7) is 1.53. The van der Waals surface area contributed by atoms with E-state index in [1.54, 1.807) is 0 Å². The fourth-order valence-electron chi connectivity index (χ4n) is 3.26. The van der Waals surface area contributed by atoms with E-state index >= 15 is 0 Å². The van der Waals surface area contributed by atoms with Gasteiger partial charge in [0.2, 0.25) is 0 Å². The molecule has 2 atom stereocenters. The fourth-order valence-corrected chi connectivity index (χ4v) is 3.26. The number of nitrogens with one attached hydrogen (secondary N) is 1. The molecule has 2 unspecified atom stereocenters. The molecule has 1 aromatic rings. The Hall–Kier alpha value is -1.06. The lowest BCUT2D eigenvalue weighted by Crippen LogP contribution is -2.40. The van der Waals surface area contributed by atoms with Crippen LogP contribution in [0.4, 0.5) is 0 Å². The molecule has 0 saturated heterocycles. The first-order valence-electron chi connectivity index (χ1n) is 7.39. The predicted octanol–water partition coefficient (Wildman–Crippen LogP) is 2.91. The molecular formula is C16H23NO2. The summed E-state index contributed by atoms with van der Waals surface area (Å²) in [7, 11) is 2.00. The van der Waals surface area contributed by atoms with Crippen LogP contribution in [0.3, 0.4) is 0 Å². The Balaban J connectivity index is 1.65. The molecule has 0 bridgehead atoms. The van der Waals surface area contributed by atoms with E-state index in [2.05, 4.69) is 17.4 Å². The van der Waals surface area contributed by atoms with Gasteiger partial charge >= 0.3 is 0 Å². The molecule has 1 aromatic carbocycles. The Kier molecular flexibility index (Phi) is 4.04. The maximum atomic E-state index is 6.14. The number of likely N-dealkylation sites (N-methyl/N-ethyl adjacent to an activating group) is 1. The summed E-state index contributed by atoms with van der Waals surface area (Å²) in [5.74, 6) is 1.75. The van der Waals surface area contributed by atoms with Gasteiger partial charge in [-0.3, -0.25) is 0 Å². The van der Waals surface area contributed by atoms with E-state index < -0.39 is 0 Å². The molecule has 2 aliphatic rings. The van der Waals surface area contributed by atoms with Crippen molar-refractivity contribution < 1.29 is 9.47 Å². The second-order valence-corrected chi connectivity index (χ2v) is 5.64. The van der Waals surface area contributed by atoms with Gasteiger partial charge in [-0.05, 0) is 31.9 Å². The number of hydrogen-bond donors (Lipinski definition) is 1. The van der Waals surface area contributed by atoms with E-state index in [1.165, 1.54) is 31.2 Å². The van der Waals surface area contributed by atoms with Crippen molar-refractivity contribution in [1.29, 1.82) is 0 Å². The average Bonchev–Trinajstić information content (AvgIpc) is 2.97. The van der Waals surface area contributed by atoms with Crippen molar-refractivity contribution in [2.24, 2.45) is 5.92 Å². The Bertz CT molecular complexity index is 415. The Morgan fingerprint density at radius 3 is 2.84 bits per heavy atom. The maximum absolute atomic E-state index is 6.14. The van der Waals surface area contributed by atoms with Crippen LogP contribution in [0.2, 0.25) is 0 Å². The minimum absolute atomic E-state index is 0.125. The van der Waals surface area contributed by atoms with Crippen LogP contribution >= 0.6 is 0 Å². The average molecular weight is 261 g/mol. The zero-order chi connectivity index (χ0) is 13.1. The minimum Gasteiger partial charge on any atom is -0.490 e. The van der Waals surface area contributed by atoms with Crippen molar-refractivity contribution in [3.63, 3.8) is 0 Å². The number of fused-ring (bicyclic) bond motifs is 1. The number of hydrogen-bond acceptors (Lipinski definition) is 3. The summed E-state index contributed by atoms with van der Waals surface area (Å²) in [5.41, 5.74) is 1.22. The van der Waals surface area contributed by atoms with Gasteiger partial charge in [0.1, 0.15) is 18.5 Å². The van der Waals surface area contributed by atoms with E-state index in [-0.39, 0.29) is 12.1 Å². The molecule has 3 nitrogen and oxygen atoms in total. The standard InChI is InChI=1S/C16H23NO2/c1-17-16-13-8-4-5-9-14(13)19-11-15(16)18-10-12-6-2-3-7-12/h4-5,8-9,12,15-17H,2-3,6-7,10-11H2,1H3. The van der Waals surface area contributed by atoms with Crippen LogP contribution in [0.25, 0.3) is 0 Å². The molecule has 1 fully saturated rings. The number of benzene rings is 1. The van der Waals surface area contributed by atoms with Crippen LogP contribution < -0.4 is 10.1 Å². The monoisotopic (exact) mass is 261 g/mol. The molecule has 3 heteroatoms. The molecule has 0 spiro atoms. The van der Waals surface area contributed by atoms with Crippen molar-refractivity contribution in [1.82, 2.24) is 5.32 Å². The number of ether oxygens (including phenoxy) is 2. The number of rotatable bonds is 4. The number of para-hydroxylation sites is 1. The Morgan fingerprint density at radius 2 is 2.05 bits per heavy atom. The van der Waals surface area contributed by atoms with Crippen LogP contribution in [-0.4, -0.2) is 26.4 Å². The Labute approximate surface area is 115 Å². The van der Waals surface area contributed by atoms with Crippen molar-refractivity contribution in [3.8, 4) is 5.75 Å². The highest BCUT2D eigenvalue weighted by atomic mass is 16.5. The maximum Gasteiger partial charge on any atom is 0.124 e. The first-order valence-corrected chi connectivity index (χ1v) is 7.39. The summed E-state index contributed by atoms with van der Waals surface area (Å²) in [4.78, 5) is 0. The first-order chi connectivity index (χ1) is 9.38. The Morgan fingerprint density at radius 1 is 1.26 bits per heavy atom. The van der Waals surface area contributed by atoms with Gasteiger partial charge in [0.05, 0.1) is 12.6 Å². The largest absolute Gasteiger partial charge is 0.490 e. The third-order valence-electron chi connectivity index (χ3n) is 4.36. The molecule has 3 rings (SSSR count). The topological polar surface area (TPSA) is 30.5 Å². The fraction of sp³-hybridized carbons (Fsp3) is 0.625. The SMILES string of the molecule is CNC1c2ccccc2OCC1OCC1CCCC1. The highest BCUT2D eigenvalue weighted by molar-refractivity contribution is 5.38. The second-order valence-electron chi connectivity index (χ2n) is 5.64. The van der Waals surface area contributed by atoms with E-state index in [4.69, 9.17) is 9.47 Å². The second kappa shape index (κ2) is 5.93. The van der Waals surface area contributed by atoms with Crippen molar-refractivity contribution in [2.45, 2.75) is 37.8 Å². The lowest BCUT2D eigenvalue weighted by atomic mass is 9.98. The van der Waals surface area contributed by atoms with Gasteiger partial charge in [-0.25, -0.2) is 0 Å². The first kappa shape index (κ1) is 12.9.